The second-order valence-corrected chi connectivity index (χ2v) is 4.74. The van der Waals surface area contributed by atoms with Crippen molar-refractivity contribution in [3.8, 4) is 0 Å². The summed E-state index contributed by atoms with van der Waals surface area (Å²) >= 11 is 6.22. The zero-order chi connectivity index (χ0) is 12.8. The number of carbonyl (C=O) groups is 1. The van der Waals surface area contributed by atoms with E-state index in [0.717, 1.165) is 0 Å². The second kappa shape index (κ2) is 3.89. The average molecular weight is 281 g/mol. The summed E-state index contributed by atoms with van der Waals surface area (Å²) in [5.74, 6) is -1.59. The van der Waals surface area contributed by atoms with Crippen LogP contribution in [0, 0.1) is 0 Å². The smallest absolute Gasteiger partial charge is 0.418 e. The predicted molar refractivity (Wildman–Crippen MR) is 58.8 cm³/mol. The van der Waals surface area contributed by atoms with Gasteiger partial charge in [-0.3, -0.25) is 0 Å². The first-order chi connectivity index (χ1) is 7.80. The van der Waals surface area contributed by atoms with Gasteiger partial charge in [-0.2, -0.15) is 13.2 Å². The molecule has 2 nitrogen and oxygen atoms in total. The lowest BCUT2D eigenvalue weighted by Gasteiger charge is -2.06. The number of halogens is 4. The molecule has 0 atom stereocenters. The predicted octanol–water partition coefficient (Wildman–Crippen LogP) is 4.27. The zero-order valence-electron chi connectivity index (χ0n) is 8.01. The highest BCUT2D eigenvalue weighted by molar-refractivity contribution is 7.21. The van der Waals surface area contributed by atoms with Crippen LogP contribution in [0.4, 0.5) is 13.2 Å². The van der Waals surface area contributed by atoms with Crippen molar-refractivity contribution in [1.82, 2.24) is 0 Å². The zero-order valence-corrected chi connectivity index (χ0v) is 9.58. The Kier molecular flexibility index (Phi) is 2.79. The van der Waals surface area contributed by atoms with E-state index < -0.39 is 22.6 Å². The van der Waals surface area contributed by atoms with E-state index in [4.69, 9.17) is 16.7 Å². The summed E-state index contributed by atoms with van der Waals surface area (Å²) < 4.78 is 38.6. The van der Waals surface area contributed by atoms with Gasteiger partial charge in [0.15, 0.2) is 0 Å². The summed E-state index contributed by atoms with van der Waals surface area (Å²) in [7, 11) is 0. The maximum absolute atomic E-state index is 12.8. The number of carboxylic acid groups (broad SMARTS) is 1. The second-order valence-electron chi connectivity index (χ2n) is 3.25. The number of hydrogen-bond acceptors (Lipinski definition) is 2. The number of alkyl halides is 3. The Balaban J connectivity index is 2.86. The molecular formula is C10H4ClF3O2S. The van der Waals surface area contributed by atoms with Crippen molar-refractivity contribution >= 4 is 39.0 Å². The average Bonchev–Trinajstić information content (AvgIpc) is 2.55. The van der Waals surface area contributed by atoms with Crippen LogP contribution >= 0.6 is 22.9 Å². The van der Waals surface area contributed by atoms with Crippen LogP contribution in [0.15, 0.2) is 18.2 Å². The first kappa shape index (κ1) is 12.2. The van der Waals surface area contributed by atoms with Crippen LogP contribution in [0.2, 0.25) is 5.02 Å². The molecule has 0 fully saturated rings. The molecule has 1 aromatic carbocycles. The Labute approximate surface area is 102 Å². The van der Waals surface area contributed by atoms with Crippen LogP contribution in [0.3, 0.4) is 0 Å². The molecule has 0 radical (unpaired) electrons. The van der Waals surface area contributed by atoms with Gasteiger partial charge >= 0.3 is 12.1 Å². The van der Waals surface area contributed by atoms with E-state index in [1.165, 1.54) is 18.2 Å². The Morgan fingerprint density at radius 1 is 1.35 bits per heavy atom. The summed E-state index contributed by atoms with van der Waals surface area (Å²) in [5.41, 5.74) is -1.11. The Morgan fingerprint density at radius 3 is 2.53 bits per heavy atom. The van der Waals surface area contributed by atoms with Crippen LogP contribution in [-0.2, 0) is 6.18 Å². The summed E-state index contributed by atoms with van der Waals surface area (Å²) in [6, 6.07) is 3.81. The first-order valence-corrected chi connectivity index (χ1v) is 5.52. The van der Waals surface area contributed by atoms with Gasteiger partial charge in [0.05, 0.1) is 5.56 Å². The molecule has 17 heavy (non-hydrogen) atoms. The van der Waals surface area contributed by atoms with Gasteiger partial charge in [0.1, 0.15) is 4.88 Å². The van der Waals surface area contributed by atoms with E-state index in [1.54, 1.807) is 0 Å². The molecule has 0 aliphatic heterocycles. The number of hydrogen-bond donors (Lipinski definition) is 1. The monoisotopic (exact) mass is 280 g/mol. The summed E-state index contributed by atoms with van der Waals surface area (Å²) in [6.45, 7) is 0. The molecule has 0 saturated heterocycles. The van der Waals surface area contributed by atoms with Gasteiger partial charge in [-0.1, -0.05) is 17.7 Å². The first-order valence-electron chi connectivity index (χ1n) is 4.33. The number of carboxylic acids is 1. The molecular weight excluding hydrogens is 277 g/mol. The number of aromatic carboxylic acids is 1. The number of rotatable bonds is 1. The molecule has 0 unspecified atom stereocenters. The lowest BCUT2D eigenvalue weighted by molar-refractivity contribution is -0.136. The van der Waals surface area contributed by atoms with Crippen molar-refractivity contribution < 1.29 is 23.1 Å². The summed E-state index contributed by atoms with van der Waals surface area (Å²) in [6.07, 6.45) is -4.69. The molecule has 0 aliphatic carbocycles. The van der Waals surface area contributed by atoms with E-state index >= 15 is 0 Å². The largest absolute Gasteiger partial charge is 0.477 e. The van der Waals surface area contributed by atoms with Crippen molar-refractivity contribution in [1.29, 1.82) is 0 Å². The molecule has 0 spiro atoms. The van der Waals surface area contributed by atoms with Crippen molar-refractivity contribution in [2.75, 3.05) is 0 Å². The number of thiophene rings is 1. The fourth-order valence-electron chi connectivity index (χ4n) is 1.50. The standard InChI is InChI=1S/C10H4ClF3O2S/c11-4-1-2-5-6(3-4)17-8(9(15)16)7(5)10(12,13)14/h1-3H,(H,15,16). The normalized spacial score (nSPS) is 12.0. The van der Waals surface area contributed by atoms with E-state index in [-0.39, 0.29) is 15.1 Å². The fourth-order valence-corrected chi connectivity index (χ4v) is 2.84. The van der Waals surface area contributed by atoms with Gasteiger partial charge in [0.2, 0.25) is 0 Å². The van der Waals surface area contributed by atoms with Gasteiger partial charge in [-0.15, -0.1) is 11.3 Å². The lowest BCUT2D eigenvalue weighted by atomic mass is 10.1. The quantitative estimate of drug-likeness (QED) is 0.847. The fraction of sp³-hybridized carbons (Fsp3) is 0.100. The molecule has 0 amide bonds. The van der Waals surface area contributed by atoms with E-state index in [1.807, 2.05) is 0 Å². The molecule has 0 bridgehead atoms. The van der Waals surface area contributed by atoms with Crippen molar-refractivity contribution in [2.45, 2.75) is 6.18 Å². The van der Waals surface area contributed by atoms with Crippen LogP contribution in [0.25, 0.3) is 10.1 Å². The molecule has 0 saturated carbocycles. The highest BCUT2D eigenvalue weighted by Gasteiger charge is 2.39. The Morgan fingerprint density at radius 2 is 2.00 bits per heavy atom. The third kappa shape index (κ3) is 2.10. The third-order valence-corrected chi connectivity index (χ3v) is 3.51. The SMILES string of the molecule is O=C(O)c1sc2cc(Cl)ccc2c1C(F)(F)F. The summed E-state index contributed by atoms with van der Waals surface area (Å²) in [5, 5.41) is 8.91. The van der Waals surface area contributed by atoms with Gasteiger partial charge in [0, 0.05) is 15.1 Å². The maximum Gasteiger partial charge on any atom is 0.418 e. The van der Waals surface area contributed by atoms with Gasteiger partial charge in [-0.05, 0) is 12.1 Å². The van der Waals surface area contributed by atoms with E-state index in [0.29, 0.717) is 11.3 Å². The van der Waals surface area contributed by atoms with Crippen LogP contribution in [-0.4, -0.2) is 11.1 Å². The van der Waals surface area contributed by atoms with Crippen LogP contribution in [0.5, 0.6) is 0 Å². The van der Waals surface area contributed by atoms with Crippen LogP contribution < -0.4 is 0 Å². The molecule has 1 aromatic heterocycles. The van der Waals surface area contributed by atoms with E-state index in [2.05, 4.69) is 0 Å². The minimum atomic E-state index is -4.69. The van der Waals surface area contributed by atoms with Gasteiger partial charge in [-0.25, -0.2) is 4.79 Å². The number of benzene rings is 1. The molecule has 90 valence electrons. The summed E-state index contributed by atoms with van der Waals surface area (Å²) in [4.78, 5) is 10.1. The number of fused-ring (bicyclic) bond motifs is 1. The highest BCUT2D eigenvalue weighted by atomic mass is 35.5. The molecule has 2 rings (SSSR count). The molecule has 2 aromatic rings. The van der Waals surface area contributed by atoms with Crippen molar-refractivity contribution in [2.24, 2.45) is 0 Å². The van der Waals surface area contributed by atoms with Gasteiger partial charge < -0.3 is 5.11 Å². The lowest BCUT2D eigenvalue weighted by Crippen LogP contribution is -2.09. The highest BCUT2D eigenvalue weighted by Crippen LogP contribution is 2.42. The van der Waals surface area contributed by atoms with Crippen LogP contribution in [0.1, 0.15) is 15.2 Å². The Hall–Kier alpha value is -1.27. The van der Waals surface area contributed by atoms with E-state index in [9.17, 15) is 18.0 Å². The topological polar surface area (TPSA) is 37.3 Å². The van der Waals surface area contributed by atoms with Crippen molar-refractivity contribution in [3.63, 3.8) is 0 Å². The minimum Gasteiger partial charge on any atom is -0.477 e. The van der Waals surface area contributed by atoms with Gasteiger partial charge in [0.25, 0.3) is 0 Å². The molecule has 1 N–H and O–H groups in total. The molecule has 1 heterocycles. The molecule has 7 heteroatoms. The molecule has 0 aliphatic rings. The maximum atomic E-state index is 12.8. The third-order valence-electron chi connectivity index (χ3n) is 2.13. The minimum absolute atomic E-state index is 0.135. The van der Waals surface area contributed by atoms with Crippen molar-refractivity contribution in [3.05, 3.63) is 33.7 Å². The Bertz CT molecular complexity index is 603.